The van der Waals surface area contributed by atoms with E-state index < -0.39 is 43.2 Å². The maximum Gasteiger partial charge on any atom is 0.331 e. The van der Waals surface area contributed by atoms with E-state index in [0.29, 0.717) is 0 Å². The van der Waals surface area contributed by atoms with Crippen LogP contribution in [0.4, 0.5) is 0 Å². The molecule has 0 aromatic rings. The topological polar surface area (TPSA) is 125 Å². The Morgan fingerprint density at radius 2 is 1.32 bits per heavy atom. The molecule has 0 fully saturated rings. The predicted molar refractivity (Wildman–Crippen MR) is 70.2 cm³/mol. The molecule has 0 heterocycles. The first kappa shape index (κ1) is 19.3. The Morgan fingerprint density at radius 3 is 1.77 bits per heavy atom. The minimum atomic E-state index is -1.12. The van der Waals surface area contributed by atoms with Crippen molar-refractivity contribution >= 4 is 23.9 Å². The van der Waals surface area contributed by atoms with E-state index in [0.717, 1.165) is 38.5 Å². The van der Waals surface area contributed by atoms with Crippen molar-refractivity contribution in [3.63, 3.8) is 0 Å². The quantitative estimate of drug-likeness (QED) is 0.337. The second-order valence-corrected chi connectivity index (χ2v) is 3.58. The normalized spacial score (nSPS) is 12.0. The smallest absolute Gasteiger partial charge is 0.331 e. The molecular weight excluding hydrogens is 300 g/mol. The molecule has 0 amide bonds. The van der Waals surface area contributed by atoms with Crippen LogP contribution in [0.3, 0.4) is 0 Å². The molecule has 0 aliphatic heterocycles. The second kappa shape index (κ2) is 11.0. The molecule has 0 aromatic heterocycles. The Morgan fingerprint density at radius 1 is 0.864 bits per heavy atom. The Bertz CT molecular complexity index is 464. The van der Waals surface area contributed by atoms with E-state index in [-0.39, 0.29) is 0 Å². The number of carbonyl (C=O) groups is 4. The minimum absolute atomic E-state index is 0.432. The van der Waals surface area contributed by atoms with Crippen molar-refractivity contribution in [3.05, 3.63) is 24.3 Å². The number of aliphatic hydroxyl groups is 1. The van der Waals surface area contributed by atoms with Gasteiger partial charge in [-0.3, -0.25) is 0 Å². The first-order valence-electron chi connectivity index (χ1n) is 5.93. The highest BCUT2D eigenvalue weighted by atomic mass is 16.6. The van der Waals surface area contributed by atoms with Crippen LogP contribution in [0.5, 0.6) is 0 Å². The van der Waals surface area contributed by atoms with Crippen molar-refractivity contribution in [3.8, 4) is 0 Å². The molecule has 0 aliphatic carbocycles. The van der Waals surface area contributed by atoms with Crippen LogP contribution in [0, 0.1) is 0 Å². The molecule has 0 radical (unpaired) electrons. The predicted octanol–water partition coefficient (Wildman–Crippen LogP) is -1.11. The SMILES string of the molecule is COC(=O)/C=C/C(=O)OC[C@@H](CO)OC(=O)/C=C/C(=O)OC. The van der Waals surface area contributed by atoms with Crippen molar-refractivity contribution in [1.29, 1.82) is 0 Å². The van der Waals surface area contributed by atoms with Crippen LogP contribution in [0.1, 0.15) is 0 Å². The summed E-state index contributed by atoms with van der Waals surface area (Å²) in [4.78, 5) is 44.0. The summed E-state index contributed by atoms with van der Waals surface area (Å²) < 4.78 is 17.9. The van der Waals surface area contributed by atoms with E-state index in [1.807, 2.05) is 0 Å². The van der Waals surface area contributed by atoms with Gasteiger partial charge in [0.1, 0.15) is 6.61 Å². The van der Waals surface area contributed by atoms with Gasteiger partial charge in [-0.2, -0.15) is 0 Å². The molecule has 1 N–H and O–H groups in total. The number of hydrogen-bond donors (Lipinski definition) is 1. The maximum absolute atomic E-state index is 11.3. The lowest BCUT2D eigenvalue weighted by Gasteiger charge is -2.13. The van der Waals surface area contributed by atoms with E-state index in [9.17, 15) is 19.2 Å². The van der Waals surface area contributed by atoms with Crippen LogP contribution in [-0.2, 0) is 38.1 Å². The lowest BCUT2D eigenvalue weighted by atomic mass is 10.4. The fourth-order valence-electron chi connectivity index (χ4n) is 0.959. The van der Waals surface area contributed by atoms with Gasteiger partial charge in [0.25, 0.3) is 0 Å². The van der Waals surface area contributed by atoms with Crippen molar-refractivity contribution in [1.82, 2.24) is 0 Å². The standard InChI is InChI=1S/C13H16O9/c1-19-10(15)3-5-12(17)21-8-9(7-14)22-13(18)6-4-11(16)20-2/h3-6,9,14H,7-8H2,1-2H3/b5-3+,6-4+/t9-/m1/s1. The molecule has 0 rings (SSSR count). The molecule has 0 aliphatic rings. The van der Waals surface area contributed by atoms with E-state index in [1.165, 1.54) is 0 Å². The first-order chi connectivity index (χ1) is 10.4. The van der Waals surface area contributed by atoms with Crippen LogP contribution in [0.15, 0.2) is 24.3 Å². The molecule has 9 nitrogen and oxygen atoms in total. The largest absolute Gasteiger partial charge is 0.466 e. The summed E-state index contributed by atoms with van der Waals surface area (Å²) >= 11 is 0. The first-order valence-corrected chi connectivity index (χ1v) is 5.93. The van der Waals surface area contributed by atoms with Gasteiger partial charge in [0.15, 0.2) is 6.10 Å². The van der Waals surface area contributed by atoms with Gasteiger partial charge in [-0.05, 0) is 0 Å². The summed E-state index contributed by atoms with van der Waals surface area (Å²) in [5.41, 5.74) is 0. The molecule has 122 valence electrons. The lowest BCUT2D eigenvalue weighted by Crippen LogP contribution is -2.27. The van der Waals surface area contributed by atoms with Crippen LogP contribution >= 0.6 is 0 Å². The van der Waals surface area contributed by atoms with E-state index in [2.05, 4.69) is 14.2 Å². The monoisotopic (exact) mass is 316 g/mol. The van der Waals surface area contributed by atoms with E-state index >= 15 is 0 Å². The summed E-state index contributed by atoms with van der Waals surface area (Å²) in [7, 11) is 2.27. The van der Waals surface area contributed by atoms with Gasteiger partial charge < -0.3 is 24.1 Å². The molecule has 0 unspecified atom stereocenters. The number of methoxy groups -OCH3 is 2. The number of ether oxygens (including phenoxy) is 4. The van der Waals surface area contributed by atoms with Crippen LogP contribution in [0.25, 0.3) is 0 Å². The van der Waals surface area contributed by atoms with E-state index in [1.54, 1.807) is 0 Å². The molecular formula is C13H16O9. The number of rotatable bonds is 8. The zero-order chi connectivity index (χ0) is 17.0. The highest BCUT2D eigenvalue weighted by Gasteiger charge is 2.14. The third kappa shape index (κ3) is 9.26. The zero-order valence-electron chi connectivity index (χ0n) is 12.0. The average Bonchev–Trinajstić information content (AvgIpc) is 2.53. The zero-order valence-corrected chi connectivity index (χ0v) is 12.0. The van der Waals surface area contributed by atoms with Crippen molar-refractivity contribution in [2.45, 2.75) is 6.10 Å². The molecule has 9 heteroatoms. The van der Waals surface area contributed by atoms with Gasteiger partial charge >= 0.3 is 23.9 Å². The number of aliphatic hydroxyl groups excluding tert-OH is 1. The average molecular weight is 316 g/mol. The lowest BCUT2D eigenvalue weighted by molar-refractivity contribution is -0.155. The molecule has 0 bridgehead atoms. The summed E-state index contributed by atoms with van der Waals surface area (Å²) in [6.07, 6.45) is 2.18. The highest BCUT2D eigenvalue weighted by molar-refractivity contribution is 5.92. The van der Waals surface area contributed by atoms with Gasteiger partial charge in [0, 0.05) is 24.3 Å². The summed E-state index contributed by atoms with van der Waals surface area (Å²) in [5.74, 6) is -3.30. The summed E-state index contributed by atoms with van der Waals surface area (Å²) in [6, 6.07) is 0. The number of hydrogen-bond acceptors (Lipinski definition) is 9. The summed E-state index contributed by atoms with van der Waals surface area (Å²) in [5, 5.41) is 8.99. The number of carbonyl (C=O) groups excluding carboxylic acids is 4. The van der Waals surface area contributed by atoms with Gasteiger partial charge in [-0.15, -0.1) is 0 Å². The molecule has 0 saturated carbocycles. The molecule has 0 aromatic carbocycles. The molecule has 22 heavy (non-hydrogen) atoms. The highest BCUT2D eigenvalue weighted by Crippen LogP contribution is 1.96. The van der Waals surface area contributed by atoms with Gasteiger partial charge in [-0.1, -0.05) is 0 Å². The Hall–Kier alpha value is -2.68. The van der Waals surface area contributed by atoms with E-state index in [4.69, 9.17) is 9.84 Å². The maximum atomic E-state index is 11.3. The third-order valence-electron chi connectivity index (χ3n) is 2.01. The van der Waals surface area contributed by atoms with Crippen LogP contribution in [0.2, 0.25) is 0 Å². The molecule has 1 atom stereocenters. The second-order valence-electron chi connectivity index (χ2n) is 3.58. The Kier molecular flexibility index (Phi) is 9.69. The summed E-state index contributed by atoms with van der Waals surface area (Å²) in [6.45, 7) is -1.04. The van der Waals surface area contributed by atoms with Gasteiger partial charge in [0.2, 0.25) is 0 Å². The van der Waals surface area contributed by atoms with Gasteiger partial charge in [0.05, 0.1) is 20.8 Å². The fourth-order valence-corrected chi connectivity index (χ4v) is 0.959. The van der Waals surface area contributed by atoms with Crippen molar-refractivity contribution in [2.75, 3.05) is 27.4 Å². The minimum Gasteiger partial charge on any atom is -0.466 e. The van der Waals surface area contributed by atoms with Gasteiger partial charge in [-0.25, -0.2) is 19.2 Å². The van der Waals surface area contributed by atoms with Crippen LogP contribution < -0.4 is 0 Å². The van der Waals surface area contributed by atoms with Crippen molar-refractivity contribution in [2.24, 2.45) is 0 Å². The van der Waals surface area contributed by atoms with Crippen molar-refractivity contribution < 1.29 is 43.2 Å². The molecule has 0 saturated heterocycles. The Balaban J connectivity index is 4.27. The molecule has 0 spiro atoms. The number of esters is 4. The fraction of sp³-hybridized carbons (Fsp3) is 0.385. The Labute approximate surface area is 126 Å². The third-order valence-corrected chi connectivity index (χ3v) is 2.01. The van der Waals surface area contributed by atoms with Crippen LogP contribution in [-0.4, -0.2) is 62.5 Å².